The van der Waals surface area contributed by atoms with Crippen molar-refractivity contribution in [3.05, 3.63) is 118 Å². The molecule has 8 nitrogen and oxygen atoms in total. The fourth-order valence-corrected chi connectivity index (χ4v) is 5.92. The fraction of sp³-hybridized carbons (Fsp3) is 0.152. The second kappa shape index (κ2) is 10.7. The molecular weight excluding hydrogens is 651 g/mol. The monoisotopic (exact) mass is 674 g/mol. The number of carbonyl (C=O) groups excluding carboxylic acids is 4. The van der Waals surface area contributed by atoms with Crippen LogP contribution < -0.4 is 9.47 Å². The smallest absolute Gasteiger partial charge is 0.347 e. The molecule has 0 unspecified atom stereocenters. The highest BCUT2D eigenvalue weighted by Gasteiger charge is 2.36. The molecule has 0 aromatic heterocycles. The van der Waals surface area contributed by atoms with Gasteiger partial charge in [-0.3, -0.25) is 0 Å². The standard InChI is InChI=1S/C33H23IO8/c1-3-28(34)33(2,18-4-8-20(9-5-18)39-22-12-14-24-26(16-22)31(37)41-29(24)35)19-6-10-21(11-7-19)40-23-13-15-25-27(17-23)32(38)42-30(25)36/h4-17,28H,3H2,1-2H3/t28-/m0/s1. The third-order valence-electron chi connectivity index (χ3n) is 7.60. The number of fused-ring (bicyclic) bond motifs is 2. The Labute approximate surface area is 254 Å². The van der Waals surface area contributed by atoms with E-state index in [1.165, 1.54) is 24.3 Å². The average Bonchev–Trinajstić information content (AvgIpc) is 3.45. The van der Waals surface area contributed by atoms with Crippen LogP contribution in [-0.4, -0.2) is 27.8 Å². The first kappa shape index (κ1) is 27.6. The van der Waals surface area contributed by atoms with E-state index in [4.69, 9.17) is 9.47 Å². The van der Waals surface area contributed by atoms with Crippen molar-refractivity contribution in [1.82, 2.24) is 0 Å². The Kier molecular flexibility index (Phi) is 7.05. The van der Waals surface area contributed by atoms with Gasteiger partial charge in [0, 0.05) is 9.34 Å². The molecule has 6 rings (SSSR count). The van der Waals surface area contributed by atoms with Crippen LogP contribution in [0.1, 0.15) is 72.8 Å². The summed E-state index contributed by atoms with van der Waals surface area (Å²) in [4.78, 5) is 47.2. The molecule has 0 saturated heterocycles. The predicted octanol–water partition coefficient (Wildman–Crippen LogP) is 7.41. The van der Waals surface area contributed by atoms with Crippen molar-refractivity contribution in [3.63, 3.8) is 0 Å². The van der Waals surface area contributed by atoms with E-state index in [9.17, 15) is 19.2 Å². The number of ether oxygens (including phenoxy) is 4. The number of carbonyl (C=O) groups is 4. The molecule has 0 saturated carbocycles. The van der Waals surface area contributed by atoms with E-state index in [0.717, 1.165) is 17.5 Å². The van der Waals surface area contributed by atoms with Gasteiger partial charge in [0.05, 0.1) is 22.3 Å². The summed E-state index contributed by atoms with van der Waals surface area (Å²) in [6.07, 6.45) is 0.932. The van der Waals surface area contributed by atoms with E-state index in [2.05, 4.69) is 45.9 Å². The van der Waals surface area contributed by atoms with Gasteiger partial charge in [0.2, 0.25) is 0 Å². The predicted molar refractivity (Wildman–Crippen MR) is 160 cm³/mol. The molecule has 1 atom stereocenters. The zero-order valence-electron chi connectivity index (χ0n) is 22.5. The minimum absolute atomic E-state index is 0.193. The van der Waals surface area contributed by atoms with Crippen molar-refractivity contribution in [1.29, 1.82) is 0 Å². The molecule has 4 aromatic carbocycles. The lowest BCUT2D eigenvalue weighted by Crippen LogP contribution is -2.33. The summed E-state index contributed by atoms with van der Waals surface area (Å²) in [5.41, 5.74) is 2.69. The molecule has 4 aromatic rings. The Bertz CT molecular complexity index is 1640. The number of esters is 4. The molecular formula is C33H23IO8. The number of benzene rings is 4. The minimum Gasteiger partial charge on any atom is -0.457 e. The maximum atomic E-state index is 11.9. The Hall–Kier alpha value is -4.51. The number of cyclic esters (lactones) is 4. The van der Waals surface area contributed by atoms with Crippen molar-refractivity contribution in [2.75, 3.05) is 0 Å². The summed E-state index contributed by atoms with van der Waals surface area (Å²) in [5.74, 6) is -0.624. The second-order valence-electron chi connectivity index (χ2n) is 10.1. The van der Waals surface area contributed by atoms with Gasteiger partial charge in [0.1, 0.15) is 23.0 Å². The molecule has 0 amide bonds. The van der Waals surface area contributed by atoms with Crippen LogP contribution in [0.15, 0.2) is 84.9 Å². The third-order valence-corrected chi connectivity index (χ3v) is 9.72. The van der Waals surface area contributed by atoms with Gasteiger partial charge in [0.15, 0.2) is 0 Å². The van der Waals surface area contributed by atoms with Gasteiger partial charge in [0.25, 0.3) is 0 Å². The minimum atomic E-state index is -0.677. The number of hydrogen-bond donors (Lipinski definition) is 0. The largest absolute Gasteiger partial charge is 0.457 e. The lowest BCUT2D eigenvalue weighted by atomic mass is 9.73. The van der Waals surface area contributed by atoms with Crippen molar-refractivity contribution in [2.24, 2.45) is 0 Å². The topological polar surface area (TPSA) is 105 Å². The molecule has 0 aliphatic carbocycles. The first-order chi connectivity index (χ1) is 20.2. The Morgan fingerprint density at radius 3 is 1.33 bits per heavy atom. The molecule has 0 radical (unpaired) electrons. The lowest BCUT2D eigenvalue weighted by Gasteiger charge is -2.36. The first-order valence-corrected chi connectivity index (χ1v) is 14.4. The molecule has 2 aliphatic rings. The molecule has 0 spiro atoms. The molecule has 0 N–H and O–H groups in total. The SMILES string of the molecule is CC[C@H](I)C(C)(c1ccc(Oc2ccc3c(c2)C(=O)OC3=O)cc1)c1ccc(Oc2ccc3c(c2)C(=O)OC3=O)cc1. The molecule has 9 heteroatoms. The highest BCUT2D eigenvalue weighted by atomic mass is 127. The van der Waals surface area contributed by atoms with E-state index in [1.807, 2.05) is 48.5 Å². The Balaban J connectivity index is 1.22. The summed E-state index contributed by atoms with van der Waals surface area (Å²) < 4.78 is 21.5. The summed E-state index contributed by atoms with van der Waals surface area (Å²) >= 11 is 2.48. The van der Waals surface area contributed by atoms with Gasteiger partial charge in [-0.1, -0.05) is 60.7 Å². The van der Waals surface area contributed by atoms with Crippen LogP contribution in [0, 0.1) is 0 Å². The zero-order chi connectivity index (χ0) is 29.6. The van der Waals surface area contributed by atoms with Crippen LogP contribution in [0.3, 0.4) is 0 Å². The summed E-state index contributed by atoms with van der Waals surface area (Å²) in [5, 5.41) is 0. The summed E-state index contributed by atoms with van der Waals surface area (Å²) in [6.45, 7) is 4.35. The van der Waals surface area contributed by atoms with Crippen LogP contribution in [0.4, 0.5) is 0 Å². The van der Waals surface area contributed by atoms with Crippen LogP contribution in [0.5, 0.6) is 23.0 Å². The number of hydrogen-bond acceptors (Lipinski definition) is 8. The lowest BCUT2D eigenvalue weighted by molar-refractivity contribution is 0.0425. The van der Waals surface area contributed by atoms with Crippen LogP contribution in [0.2, 0.25) is 0 Å². The normalized spacial score (nSPS) is 14.6. The van der Waals surface area contributed by atoms with E-state index < -0.39 is 23.9 Å². The van der Waals surface area contributed by atoms with Crippen molar-refractivity contribution >= 4 is 46.5 Å². The Morgan fingerprint density at radius 2 is 0.952 bits per heavy atom. The molecule has 0 fully saturated rings. The maximum absolute atomic E-state index is 11.9. The third kappa shape index (κ3) is 4.83. The van der Waals surface area contributed by atoms with Crippen molar-refractivity contribution in [3.8, 4) is 23.0 Å². The molecule has 42 heavy (non-hydrogen) atoms. The van der Waals surface area contributed by atoms with Crippen LogP contribution >= 0.6 is 22.6 Å². The van der Waals surface area contributed by atoms with Gasteiger partial charge in [-0.05, 0) is 78.2 Å². The van der Waals surface area contributed by atoms with E-state index in [0.29, 0.717) is 23.0 Å². The van der Waals surface area contributed by atoms with Gasteiger partial charge in [-0.25, -0.2) is 19.2 Å². The van der Waals surface area contributed by atoms with E-state index >= 15 is 0 Å². The number of alkyl halides is 1. The van der Waals surface area contributed by atoms with Gasteiger partial charge in [-0.15, -0.1) is 0 Å². The van der Waals surface area contributed by atoms with Gasteiger partial charge >= 0.3 is 23.9 Å². The quantitative estimate of drug-likeness (QED) is 0.0824. The molecule has 210 valence electrons. The molecule has 2 heterocycles. The van der Waals surface area contributed by atoms with Crippen LogP contribution in [-0.2, 0) is 14.9 Å². The maximum Gasteiger partial charge on any atom is 0.347 e. The van der Waals surface area contributed by atoms with E-state index in [-0.39, 0.29) is 31.6 Å². The second-order valence-corrected chi connectivity index (χ2v) is 11.6. The summed E-state index contributed by atoms with van der Waals surface area (Å²) in [7, 11) is 0. The summed E-state index contributed by atoms with van der Waals surface area (Å²) in [6, 6.07) is 25.0. The van der Waals surface area contributed by atoms with Gasteiger partial charge < -0.3 is 18.9 Å². The van der Waals surface area contributed by atoms with Gasteiger partial charge in [-0.2, -0.15) is 0 Å². The Morgan fingerprint density at radius 1 is 0.595 bits per heavy atom. The zero-order valence-corrected chi connectivity index (χ0v) is 24.7. The molecule has 2 aliphatic heterocycles. The first-order valence-electron chi connectivity index (χ1n) is 13.2. The van der Waals surface area contributed by atoms with Crippen LogP contribution in [0.25, 0.3) is 0 Å². The van der Waals surface area contributed by atoms with Crippen molar-refractivity contribution < 1.29 is 38.1 Å². The van der Waals surface area contributed by atoms with Crippen molar-refractivity contribution in [2.45, 2.75) is 29.6 Å². The highest BCUT2D eigenvalue weighted by Crippen LogP contribution is 2.42. The average molecular weight is 674 g/mol. The molecule has 0 bridgehead atoms. The number of rotatable bonds is 8. The fourth-order valence-electron chi connectivity index (χ4n) is 5.20. The highest BCUT2D eigenvalue weighted by molar-refractivity contribution is 14.1. The number of halogens is 1. The van der Waals surface area contributed by atoms with E-state index in [1.54, 1.807) is 12.1 Å².